The van der Waals surface area contributed by atoms with Crippen molar-refractivity contribution in [3.63, 3.8) is 0 Å². The number of aromatic nitrogens is 1. The van der Waals surface area contributed by atoms with Gasteiger partial charge in [0.25, 0.3) is 0 Å². The van der Waals surface area contributed by atoms with Gasteiger partial charge in [-0.3, -0.25) is 0 Å². The molecule has 0 saturated heterocycles. The molecule has 0 fully saturated rings. The quantitative estimate of drug-likeness (QED) is 0.810. The third-order valence-electron chi connectivity index (χ3n) is 2.49. The van der Waals surface area contributed by atoms with Gasteiger partial charge in [0.1, 0.15) is 0 Å². The Bertz CT molecular complexity index is 550. The van der Waals surface area contributed by atoms with Crippen molar-refractivity contribution in [2.24, 2.45) is 0 Å². The van der Waals surface area contributed by atoms with Gasteiger partial charge >= 0.3 is 0 Å². The van der Waals surface area contributed by atoms with Crippen molar-refractivity contribution < 1.29 is 0 Å². The second-order valence-corrected chi connectivity index (χ2v) is 5.08. The number of rotatable bonds is 3. The number of halogens is 3. The van der Waals surface area contributed by atoms with E-state index >= 15 is 0 Å². The normalized spacial score (nSPS) is 10.4. The van der Waals surface area contributed by atoms with E-state index in [2.05, 4.69) is 10.3 Å². The molecule has 1 N–H and O–H groups in total. The third kappa shape index (κ3) is 3.08. The van der Waals surface area contributed by atoms with Gasteiger partial charge in [-0.2, -0.15) is 0 Å². The second-order valence-electron chi connectivity index (χ2n) is 3.90. The number of benzene rings is 1. The molecule has 94 valence electrons. The fourth-order valence-electron chi connectivity index (χ4n) is 1.56. The van der Waals surface area contributed by atoms with Crippen LogP contribution in [0.2, 0.25) is 15.2 Å². The lowest BCUT2D eigenvalue weighted by atomic mass is 10.2. The second kappa shape index (κ2) is 5.79. The minimum Gasteiger partial charge on any atom is -0.378 e. The molecule has 0 atom stereocenters. The molecular weight excluding hydrogens is 291 g/mol. The molecular formula is C13H11Cl3N2. The molecule has 5 heteroatoms. The zero-order chi connectivity index (χ0) is 13.1. The summed E-state index contributed by atoms with van der Waals surface area (Å²) in [6, 6.07) is 7.36. The average Bonchev–Trinajstić information content (AvgIpc) is 2.33. The fraction of sp³-hybridized carbons (Fsp3) is 0.154. The molecule has 18 heavy (non-hydrogen) atoms. The largest absolute Gasteiger partial charge is 0.378 e. The van der Waals surface area contributed by atoms with Gasteiger partial charge in [0.2, 0.25) is 0 Å². The van der Waals surface area contributed by atoms with E-state index in [1.165, 1.54) is 0 Å². The molecule has 0 unspecified atom stereocenters. The van der Waals surface area contributed by atoms with Crippen molar-refractivity contribution in [1.82, 2.24) is 4.98 Å². The van der Waals surface area contributed by atoms with Crippen LogP contribution in [0.15, 0.2) is 30.5 Å². The summed E-state index contributed by atoms with van der Waals surface area (Å²) in [5.74, 6) is 0. The Morgan fingerprint density at radius 1 is 1.17 bits per heavy atom. The first-order valence-electron chi connectivity index (χ1n) is 5.37. The van der Waals surface area contributed by atoms with Gasteiger partial charge in [-0.05, 0) is 30.7 Å². The van der Waals surface area contributed by atoms with Crippen molar-refractivity contribution >= 4 is 40.5 Å². The molecule has 0 radical (unpaired) electrons. The van der Waals surface area contributed by atoms with Crippen molar-refractivity contribution in [2.45, 2.75) is 13.5 Å². The van der Waals surface area contributed by atoms with Gasteiger partial charge in [0, 0.05) is 28.4 Å². The zero-order valence-corrected chi connectivity index (χ0v) is 11.9. The Morgan fingerprint density at radius 2 is 1.83 bits per heavy atom. The fourth-order valence-corrected chi connectivity index (χ4v) is 2.26. The molecule has 0 saturated carbocycles. The lowest BCUT2D eigenvalue weighted by molar-refractivity contribution is 1.13. The number of hydrogen-bond acceptors (Lipinski definition) is 2. The summed E-state index contributed by atoms with van der Waals surface area (Å²) in [5, 5.41) is 4.88. The van der Waals surface area contributed by atoms with E-state index < -0.39 is 0 Å². The molecule has 1 heterocycles. The zero-order valence-electron chi connectivity index (χ0n) is 9.67. The first-order valence-corrected chi connectivity index (χ1v) is 6.50. The number of pyridine rings is 1. The molecule has 1 aromatic heterocycles. The van der Waals surface area contributed by atoms with E-state index in [4.69, 9.17) is 34.8 Å². The van der Waals surface area contributed by atoms with Crippen molar-refractivity contribution in [1.29, 1.82) is 0 Å². The van der Waals surface area contributed by atoms with E-state index in [9.17, 15) is 0 Å². The van der Waals surface area contributed by atoms with Gasteiger partial charge in [0.05, 0.1) is 5.69 Å². The molecule has 0 aliphatic rings. The maximum absolute atomic E-state index is 6.09. The minimum atomic E-state index is 0.434. The van der Waals surface area contributed by atoms with E-state index in [1.807, 2.05) is 19.1 Å². The van der Waals surface area contributed by atoms with Gasteiger partial charge < -0.3 is 5.32 Å². The Kier molecular flexibility index (Phi) is 4.33. The van der Waals surface area contributed by atoms with Gasteiger partial charge in [0.15, 0.2) is 5.15 Å². The highest BCUT2D eigenvalue weighted by atomic mass is 35.5. The topological polar surface area (TPSA) is 24.9 Å². The van der Waals surface area contributed by atoms with Crippen LogP contribution in [-0.4, -0.2) is 4.98 Å². The standard InChI is InChI=1S/C13H11Cl3N2/c1-8-5-12(13(16)18-6-8)17-7-9-10(14)3-2-4-11(9)15/h2-6,17H,7H2,1H3. The molecule has 1 aromatic carbocycles. The highest BCUT2D eigenvalue weighted by Crippen LogP contribution is 2.26. The maximum atomic E-state index is 6.09. The van der Waals surface area contributed by atoms with Gasteiger partial charge in [-0.1, -0.05) is 40.9 Å². The van der Waals surface area contributed by atoms with Crippen molar-refractivity contribution in [3.8, 4) is 0 Å². The highest BCUT2D eigenvalue weighted by molar-refractivity contribution is 6.36. The molecule has 0 aliphatic heterocycles. The van der Waals surface area contributed by atoms with Crippen LogP contribution in [-0.2, 0) is 6.54 Å². The summed E-state index contributed by atoms with van der Waals surface area (Å²) in [6.07, 6.45) is 1.72. The van der Waals surface area contributed by atoms with E-state index in [-0.39, 0.29) is 0 Å². The number of nitrogens with one attached hydrogen (secondary N) is 1. The van der Waals surface area contributed by atoms with E-state index in [1.54, 1.807) is 18.3 Å². The Hall–Kier alpha value is -0.960. The lowest BCUT2D eigenvalue weighted by Crippen LogP contribution is -2.02. The summed E-state index contributed by atoms with van der Waals surface area (Å²) in [6.45, 7) is 2.46. The van der Waals surface area contributed by atoms with Crippen molar-refractivity contribution in [2.75, 3.05) is 5.32 Å². The molecule has 0 aliphatic carbocycles. The predicted octanol–water partition coefficient (Wildman–Crippen LogP) is 4.96. The maximum Gasteiger partial charge on any atom is 0.152 e. The average molecular weight is 302 g/mol. The van der Waals surface area contributed by atoms with Gasteiger partial charge in [-0.25, -0.2) is 4.98 Å². The Labute approximate surface area is 121 Å². The van der Waals surface area contributed by atoms with Crippen LogP contribution >= 0.6 is 34.8 Å². The van der Waals surface area contributed by atoms with E-state index in [0.717, 1.165) is 16.8 Å². The van der Waals surface area contributed by atoms with Crippen LogP contribution in [0.25, 0.3) is 0 Å². The van der Waals surface area contributed by atoms with Crippen LogP contribution in [0.5, 0.6) is 0 Å². The van der Waals surface area contributed by atoms with Crippen LogP contribution in [0, 0.1) is 6.92 Å². The number of aryl methyl sites for hydroxylation is 1. The number of hydrogen-bond donors (Lipinski definition) is 1. The first kappa shape index (κ1) is 13.5. The van der Waals surface area contributed by atoms with Crippen LogP contribution in [0.1, 0.15) is 11.1 Å². The smallest absolute Gasteiger partial charge is 0.152 e. The molecule has 0 amide bonds. The molecule has 0 spiro atoms. The molecule has 2 rings (SSSR count). The summed E-state index contributed by atoms with van der Waals surface area (Å²) in [4.78, 5) is 4.07. The lowest BCUT2D eigenvalue weighted by Gasteiger charge is -2.11. The summed E-state index contributed by atoms with van der Waals surface area (Å²) < 4.78 is 0. The van der Waals surface area contributed by atoms with Crippen LogP contribution in [0.4, 0.5) is 5.69 Å². The predicted molar refractivity (Wildman–Crippen MR) is 77.8 cm³/mol. The van der Waals surface area contributed by atoms with Crippen LogP contribution < -0.4 is 5.32 Å². The highest BCUT2D eigenvalue weighted by Gasteiger charge is 2.07. The SMILES string of the molecule is Cc1cnc(Cl)c(NCc2c(Cl)cccc2Cl)c1. The van der Waals surface area contributed by atoms with Crippen LogP contribution in [0.3, 0.4) is 0 Å². The summed E-state index contributed by atoms with van der Waals surface area (Å²) in [5.41, 5.74) is 2.65. The third-order valence-corrected chi connectivity index (χ3v) is 3.50. The summed E-state index contributed by atoms with van der Waals surface area (Å²) >= 11 is 18.2. The number of anilines is 1. The Morgan fingerprint density at radius 3 is 2.50 bits per heavy atom. The monoisotopic (exact) mass is 300 g/mol. The first-order chi connectivity index (χ1) is 8.58. The van der Waals surface area contributed by atoms with Crippen molar-refractivity contribution in [3.05, 3.63) is 56.8 Å². The van der Waals surface area contributed by atoms with Gasteiger partial charge in [-0.15, -0.1) is 0 Å². The summed E-state index contributed by atoms with van der Waals surface area (Å²) in [7, 11) is 0. The minimum absolute atomic E-state index is 0.434. The molecule has 0 bridgehead atoms. The molecule has 2 aromatic rings. The number of nitrogens with zero attached hydrogens (tertiary/aromatic N) is 1. The van der Waals surface area contributed by atoms with E-state index in [0.29, 0.717) is 21.7 Å². The Balaban J connectivity index is 2.19. The molecule has 2 nitrogen and oxygen atoms in total.